The molecule has 0 heterocycles. The summed E-state index contributed by atoms with van der Waals surface area (Å²) in [5.41, 5.74) is 0.173. The molecule has 2 aliphatic rings. The van der Waals surface area contributed by atoms with E-state index in [2.05, 4.69) is 20.8 Å². The summed E-state index contributed by atoms with van der Waals surface area (Å²) in [6.07, 6.45) is 3.43. The summed E-state index contributed by atoms with van der Waals surface area (Å²) >= 11 is 0. The van der Waals surface area contributed by atoms with Gasteiger partial charge in [-0.2, -0.15) is 0 Å². The number of hydrogen-bond acceptors (Lipinski definition) is 2. The van der Waals surface area contributed by atoms with Crippen molar-refractivity contribution >= 4 is 0 Å². The fourth-order valence-electron chi connectivity index (χ4n) is 4.13. The molecular formula is C12H22O2. The van der Waals surface area contributed by atoms with Crippen molar-refractivity contribution in [3.8, 4) is 0 Å². The number of fused-ring (bicyclic) bond motifs is 2. The fraction of sp³-hybridized carbons (Fsp3) is 1.00. The third kappa shape index (κ3) is 0.849. The van der Waals surface area contributed by atoms with Gasteiger partial charge in [-0.05, 0) is 36.0 Å². The van der Waals surface area contributed by atoms with E-state index in [9.17, 15) is 10.2 Å². The van der Waals surface area contributed by atoms with E-state index in [0.29, 0.717) is 5.92 Å². The van der Waals surface area contributed by atoms with Gasteiger partial charge in [0.15, 0.2) is 0 Å². The van der Waals surface area contributed by atoms with Gasteiger partial charge in [0.25, 0.3) is 0 Å². The van der Waals surface area contributed by atoms with Crippen molar-refractivity contribution in [2.45, 2.75) is 40.0 Å². The van der Waals surface area contributed by atoms with Gasteiger partial charge in [-0.25, -0.2) is 0 Å². The zero-order valence-corrected chi connectivity index (χ0v) is 9.51. The summed E-state index contributed by atoms with van der Waals surface area (Å²) in [5.74, 6) is 0.687. The SMILES string of the molecule is CC1(C)C2CCC1(C)C(CO)(CO)C2. The zero-order chi connectivity index (χ0) is 10.6. The van der Waals surface area contributed by atoms with Crippen LogP contribution in [0.3, 0.4) is 0 Å². The Morgan fingerprint density at radius 3 is 1.93 bits per heavy atom. The van der Waals surface area contributed by atoms with E-state index in [4.69, 9.17) is 0 Å². The molecule has 2 unspecified atom stereocenters. The van der Waals surface area contributed by atoms with E-state index in [1.165, 1.54) is 6.42 Å². The van der Waals surface area contributed by atoms with Crippen LogP contribution < -0.4 is 0 Å². The standard InChI is InChI=1S/C12H22O2/c1-10(2)9-4-5-11(10,3)12(6-9,7-13)8-14/h9,13-14H,4-8H2,1-3H3. The van der Waals surface area contributed by atoms with Gasteiger partial charge >= 0.3 is 0 Å². The molecule has 2 atom stereocenters. The number of hydrogen-bond donors (Lipinski definition) is 2. The summed E-state index contributed by atoms with van der Waals surface area (Å²) in [4.78, 5) is 0. The highest BCUT2D eigenvalue weighted by atomic mass is 16.3. The fourth-order valence-corrected chi connectivity index (χ4v) is 4.13. The first-order chi connectivity index (χ1) is 6.43. The molecule has 2 heteroatoms. The van der Waals surface area contributed by atoms with E-state index in [1.807, 2.05) is 0 Å². The van der Waals surface area contributed by atoms with E-state index in [-0.39, 0.29) is 29.5 Å². The van der Waals surface area contributed by atoms with Crippen LogP contribution in [-0.4, -0.2) is 23.4 Å². The third-order valence-electron chi connectivity index (χ3n) is 5.85. The molecule has 2 fully saturated rings. The van der Waals surface area contributed by atoms with Crippen molar-refractivity contribution in [2.24, 2.45) is 22.2 Å². The largest absolute Gasteiger partial charge is 0.396 e. The normalized spacial score (nSPS) is 43.1. The average molecular weight is 198 g/mol. The van der Waals surface area contributed by atoms with Crippen molar-refractivity contribution in [2.75, 3.05) is 13.2 Å². The maximum absolute atomic E-state index is 9.58. The molecule has 2 rings (SSSR count). The first-order valence-corrected chi connectivity index (χ1v) is 5.65. The number of aliphatic hydroxyl groups is 2. The van der Waals surface area contributed by atoms with Crippen LogP contribution in [0.4, 0.5) is 0 Å². The lowest BCUT2D eigenvalue weighted by Gasteiger charge is -2.47. The second kappa shape index (κ2) is 2.73. The van der Waals surface area contributed by atoms with Crippen LogP contribution in [-0.2, 0) is 0 Å². The van der Waals surface area contributed by atoms with Crippen LogP contribution in [0.15, 0.2) is 0 Å². The highest BCUT2D eigenvalue weighted by Crippen LogP contribution is 2.72. The topological polar surface area (TPSA) is 40.5 Å². The Kier molecular flexibility index (Phi) is 2.04. The minimum absolute atomic E-state index is 0.119. The Hall–Kier alpha value is -0.0800. The molecule has 0 radical (unpaired) electrons. The molecule has 2 saturated carbocycles. The second-order valence-corrected chi connectivity index (χ2v) is 6.09. The number of rotatable bonds is 2. The maximum atomic E-state index is 9.58. The molecule has 0 aromatic carbocycles. The molecule has 0 spiro atoms. The van der Waals surface area contributed by atoms with Crippen LogP contribution >= 0.6 is 0 Å². The van der Waals surface area contributed by atoms with Crippen LogP contribution in [0, 0.1) is 22.2 Å². The monoisotopic (exact) mass is 198 g/mol. The second-order valence-electron chi connectivity index (χ2n) is 6.09. The van der Waals surface area contributed by atoms with Crippen molar-refractivity contribution in [3.63, 3.8) is 0 Å². The van der Waals surface area contributed by atoms with Crippen LogP contribution in [0.25, 0.3) is 0 Å². The first-order valence-electron chi connectivity index (χ1n) is 5.65. The quantitative estimate of drug-likeness (QED) is 0.710. The van der Waals surface area contributed by atoms with Gasteiger partial charge < -0.3 is 10.2 Å². The van der Waals surface area contributed by atoms with Crippen molar-refractivity contribution in [1.82, 2.24) is 0 Å². The molecule has 0 aromatic rings. The highest BCUT2D eigenvalue weighted by molar-refractivity contribution is 5.16. The maximum Gasteiger partial charge on any atom is 0.0514 e. The molecule has 2 nitrogen and oxygen atoms in total. The minimum atomic E-state index is -0.223. The lowest BCUT2D eigenvalue weighted by Crippen LogP contribution is -2.46. The van der Waals surface area contributed by atoms with Gasteiger partial charge in [0.05, 0.1) is 13.2 Å². The van der Waals surface area contributed by atoms with E-state index in [1.54, 1.807) is 0 Å². The molecule has 2 aliphatic carbocycles. The lowest BCUT2D eigenvalue weighted by molar-refractivity contribution is -0.0659. The predicted octanol–water partition coefficient (Wildman–Crippen LogP) is 1.80. The molecule has 2 bridgehead atoms. The summed E-state index contributed by atoms with van der Waals surface area (Å²) in [7, 11) is 0. The van der Waals surface area contributed by atoms with Crippen molar-refractivity contribution in [1.29, 1.82) is 0 Å². The average Bonchev–Trinajstić information content (AvgIpc) is 2.48. The lowest BCUT2D eigenvalue weighted by atomic mass is 9.59. The Labute approximate surface area is 86.3 Å². The van der Waals surface area contributed by atoms with E-state index in [0.717, 1.165) is 12.8 Å². The Morgan fingerprint density at radius 2 is 1.71 bits per heavy atom. The number of aliphatic hydroxyl groups excluding tert-OH is 2. The molecule has 0 amide bonds. The Morgan fingerprint density at radius 1 is 1.14 bits per heavy atom. The molecule has 2 N–H and O–H groups in total. The van der Waals surface area contributed by atoms with Gasteiger partial charge in [-0.3, -0.25) is 0 Å². The van der Waals surface area contributed by atoms with E-state index < -0.39 is 0 Å². The molecule has 82 valence electrons. The third-order valence-corrected chi connectivity index (χ3v) is 5.85. The van der Waals surface area contributed by atoms with Gasteiger partial charge in [0, 0.05) is 5.41 Å². The highest BCUT2D eigenvalue weighted by Gasteiger charge is 2.67. The van der Waals surface area contributed by atoms with Crippen LogP contribution in [0.2, 0.25) is 0 Å². The van der Waals surface area contributed by atoms with Crippen LogP contribution in [0.1, 0.15) is 40.0 Å². The van der Waals surface area contributed by atoms with Crippen molar-refractivity contribution in [3.05, 3.63) is 0 Å². The predicted molar refractivity (Wildman–Crippen MR) is 55.8 cm³/mol. The first kappa shape index (κ1) is 10.4. The molecule has 0 aliphatic heterocycles. The summed E-state index contributed by atoms with van der Waals surface area (Å²) in [5, 5.41) is 19.2. The Balaban J connectivity index is 2.44. The Bertz CT molecular complexity index is 243. The smallest absolute Gasteiger partial charge is 0.0514 e. The molecule has 14 heavy (non-hydrogen) atoms. The zero-order valence-electron chi connectivity index (χ0n) is 9.51. The molecular weight excluding hydrogens is 176 g/mol. The van der Waals surface area contributed by atoms with E-state index >= 15 is 0 Å². The summed E-state index contributed by atoms with van der Waals surface area (Å²) in [6, 6.07) is 0. The van der Waals surface area contributed by atoms with Gasteiger partial charge in [-0.1, -0.05) is 20.8 Å². The summed E-state index contributed by atoms with van der Waals surface area (Å²) < 4.78 is 0. The van der Waals surface area contributed by atoms with Gasteiger partial charge in [0.1, 0.15) is 0 Å². The molecule has 0 aromatic heterocycles. The van der Waals surface area contributed by atoms with Crippen molar-refractivity contribution < 1.29 is 10.2 Å². The minimum Gasteiger partial charge on any atom is -0.396 e. The molecule has 0 saturated heterocycles. The summed E-state index contributed by atoms with van der Waals surface area (Å²) in [6.45, 7) is 7.14. The van der Waals surface area contributed by atoms with Crippen LogP contribution in [0.5, 0.6) is 0 Å². The van der Waals surface area contributed by atoms with Gasteiger partial charge in [0.2, 0.25) is 0 Å². The van der Waals surface area contributed by atoms with Gasteiger partial charge in [-0.15, -0.1) is 0 Å².